The summed E-state index contributed by atoms with van der Waals surface area (Å²) in [5, 5.41) is 3.29. The van der Waals surface area contributed by atoms with Crippen LogP contribution < -0.4 is 5.32 Å². The highest BCUT2D eigenvalue weighted by atomic mass is 35.5. The van der Waals surface area contributed by atoms with Crippen molar-refractivity contribution in [3.63, 3.8) is 0 Å². The predicted molar refractivity (Wildman–Crippen MR) is 120 cm³/mol. The lowest BCUT2D eigenvalue weighted by molar-refractivity contribution is -0.117. The number of rotatable bonds is 7. The van der Waals surface area contributed by atoms with Crippen molar-refractivity contribution in [1.82, 2.24) is 9.21 Å². The van der Waals surface area contributed by atoms with Crippen LogP contribution >= 0.6 is 11.6 Å². The summed E-state index contributed by atoms with van der Waals surface area (Å²) >= 11 is 6.07. The summed E-state index contributed by atoms with van der Waals surface area (Å²) in [6, 6.07) is 14.3. The van der Waals surface area contributed by atoms with Crippen molar-refractivity contribution in [1.29, 1.82) is 0 Å². The number of carbonyl (C=O) groups is 1. The van der Waals surface area contributed by atoms with Crippen molar-refractivity contribution in [2.24, 2.45) is 0 Å². The fraction of sp³-hybridized carbons (Fsp3) is 0.409. The zero-order valence-electron chi connectivity index (χ0n) is 17.3. The van der Waals surface area contributed by atoms with E-state index in [0.29, 0.717) is 47.7 Å². The minimum Gasteiger partial charge on any atom is -0.324 e. The third-order valence-corrected chi connectivity index (χ3v) is 7.79. The van der Waals surface area contributed by atoms with E-state index in [1.165, 1.54) is 4.31 Å². The number of sulfonamides is 1. The van der Waals surface area contributed by atoms with Crippen LogP contribution in [0.5, 0.6) is 0 Å². The van der Waals surface area contributed by atoms with Gasteiger partial charge in [0.2, 0.25) is 15.9 Å². The summed E-state index contributed by atoms with van der Waals surface area (Å²) < 4.78 is 27.4. The zero-order valence-corrected chi connectivity index (χ0v) is 18.9. The zero-order chi connectivity index (χ0) is 21.7. The second-order valence-corrected chi connectivity index (χ2v) is 9.93. The molecule has 1 amide bonds. The van der Waals surface area contributed by atoms with Crippen LogP contribution in [0.1, 0.15) is 31.7 Å². The van der Waals surface area contributed by atoms with Gasteiger partial charge in [-0.2, -0.15) is 4.31 Å². The molecule has 0 aliphatic carbocycles. The van der Waals surface area contributed by atoms with E-state index in [4.69, 9.17) is 11.6 Å². The van der Waals surface area contributed by atoms with Crippen molar-refractivity contribution >= 4 is 33.2 Å². The Balaban J connectivity index is 1.55. The predicted octanol–water partition coefficient (Wildman–Crippen LogP) is 3.80. The second-order valence-electron chi connectivity index (χ2n) is 7.59. The molecule has 0 radical (unpaired) electrons. The van der Waals surface area contributed by atoms with E-state index in [1.807, 2.05) is 17.0 Å². The second kappa shape index (κ2) is 9.92. The Morgan fingerprint density at radius 3 is 2.30 bits per heavy atom. The van der Waals surface area contributed by atoms with E-state index in [0.717, 1.165) is 12.0 Å². The SMILES string of the molecule is CCC(C)c1ccc(S(=O)(=O)N2CCN(CC(=O)Nc3ccccc3Cl)CC2)cc1. The number of nitrogens with zero attached hydrogens (tertiary/aromatic N) is 2. The molecule has 1 unspecified atom stereocenters. The average Bonchev–Trinajstić information content (AvgIpc) is 2.75. The number of amides is 1. The van der Waals surface area contributed by atoms with Gasteiger partial charge in [-0.3, -0.25) is 9.69 Å². The van der Waals surface area contributed by atoms with Crippen LogP contribution in [0.2, 0.25) is 5.02 Å². The Kier molecular flexibility index (Phi) is 7.52. The molecule has 1 aliphatic rings. The number of hydrogen-bond donors (Lipinski definition) is 1. The quantitative estimate of drug-likeness (QED) is 0.698. The van der Waals surface area contributed by atoms with Gasteiger partial charge < -0.3 is 5.32 Å². The number of halogens is 1. The van der Waals surface area contributed by atoms with Crippen LogP contribution in [0.25, 0.3) is 0 Å². The van der Waals surface area contributed by atoms with E-state index in [9.17, 15) is 13.2 Å². The van der Waals surface area contributed by atoms with Crippen molar-refractivity contribution in [3.8, 4) is 0 Å². The molecule has 30 heavy (non-hydrogen) atoms. The van der Waals surface area contributed by atoms with Gasteiger partial charge in [-0.05, 0) is 42.2 Å². The van der Waals surface area contributed by atoms with Gasteiger partial charge in [-0.1, -0.05) is 49.7 Å². The molecule has 0 spiro atoms. The molecule has 1 N–H and O–H groups in total. The largest absolute Gasteiger partial charge is 0.324 e. The van der Waals surface area contributed by atoms with E-state index in [2.05, 4.69) is 19.2 Å². The first-order valence-corrected chi connectivity index (χ1v) is 12.0. The Hall–Kier alpha value is -1.93. The lowest BCUT2D eigenvalue weighted by Gasteiger charge is -2.33. The lowest BCUT2D eigenvalue weighted by atomic mass is 9.99. The Bertz CT molecular complexity index is 971. The van der Waals surface area contributed by atoms with Gasteiger partial charge in [0.05, 0.1) is 22.2 Å². The standard InChI is InChI=1S/C22H28ClN3O3S/c1-3-17(2)18-8-10-19(11-9-18)30(28,29)26-14-12-25(13-15-26)16-22(27)24-21-7-5-4-6-20(21)23/h4-11,17H,3,12-16H2,1-2H3,(H,24,27). The Morgan fingerprint density at radius 2 is 1.70 bits per heavy atom. The maximum Gasteiger partial charge on any atom is 0.243 e. The van der Waals surface area contributed by atoms with Crippen LogP contribution in [0.3, 0.4) is 0 Å². The maximum atomic E-state index is 13.0. The van der Waals surface area contributed by atoms with Crippen LogP contribution in [0.15, 0.2) is 53.4 Å². The molecule has 3 rings (SSSR count). The molecule has 1 heterocycles. The van der Waals surface area contributed by atoms with Crippen LogP contribution in [-0.2, 0) is 14.8 Å². The minimum absolute atomic E-state index is 0.167. The van der Waals surface area contributed by atoms with Crippen molar-refractivity contribution in [3.05, 3.63) is 59.1 Å². The van der Waals surface area contributed by atoms with Crippen LogP contribution in [0, 0.1) is 0 Å². The minimum atomic E-state index is -3.53. The summed E-state index contributed by atoms with van der Waals surface area (Å²) in [5.41, 5.74) is 1.72. The van der Waals surface area contributed by atoms with Crippen molar-refractivity contribution in [2.75, 3.05) is 38.0 Å². The third-order valence-electron chi connectivity index (χ3n) is 5.55. The molecule has 0 saturated carbocycles. The first-order chi connectivity index (χ1) is 14.3. The maximum absolute atomic E-state index is 13.0. The van der Waals surface area contributed by atoms with Crippen molar-refractivity contribution < 1.29 is 13.2 Å². The topological polar surface area (TPSA) is 69.7 Å². The number of nitrogens with one attached hydrogen (secondary N) is 1. The van der Waals surface area contributed by atoms with E-state index < -0.39 is 10.0 Å². The Labute approximate surface area is 183 Å². The average molecular weight is 450 g/mol. The fourth-order valence-electron chi connectivity index (χ4n) is 3.44. The lowest BCUT2D eigenvalue weighted by Crippen LogP contribution is -2.50. The molecule has 1 aliphatic heterocycles. The summed E-state index contributed by atoms with van der Waals surface area (Å²) in [5.74, 6) is 0.238. The molecule has 1 fully saturated rings. The Morgan fingerprint density at radius 1 is 1.07 bits per heavy atom. The van der Waals surface area contributed by atoms with E-state index in [-0.39, 0.29) is 12.5 Å². The van der Waals surface area contributed by atoms with Gasteiger partial charge in [0.1, 0.15) is 0 Å². The number of para-hydroxylation sites is 1. The molecule has 0 aromatic heterocycles. The third kappa shape index (κ3) is 5.40. The van der Waals surface area contributed by atoms with Gasteiger partial charge in [-0.15, -0.1) is 0 Å². The van der Waals surface area contributed by atoms with Gasteiger partial charge in [0.25, 0.3) is 0 Å². The van der Waals surface area contributed by atoms with E-state index in [1.54, 1.807) is 36.4 Å². The molecular weight excluding hydrogens is 422 g/mol. The number of carbonyl (C=O) groups excluding carboxylic acids is 1. The van der Waals surface area contributed by atoms with Gasteiger partial charge >= 0.3 is 0 Å². The number of hydrogen-bond acceptors (Lipinski definition) is 4. The normalized spacial score (nSPS) is 16.9. The molecule has 1 saturated heterocycles. The number of benzene rings is 2. The highest BCUT2D eigenvalue weighted by Crippen LogP contribution is 2.23. The summed E-state index contributed by atoms with van der Waals surface area (Å²) in [4.78, 5) is 14.6. The highest BCUT2D eigenvalue weighted by molar-refractivity contribution is 7.89. The van der Waals surface area contributed by atoms with Gasteiger partial charge in [0.15, 0.2) is 0 Å². The van der Waals surface area contributed by atoms with Crippen molar-refractivity contribution in [2.45, 2.75) is 31.1 Å². The molecule has 0 bridgehead atoms. The highest BCUT2D eigenvalue weighted by Gasteiger charge is 2.29. The molecule has 2 aromatic carbocycles. The molecule has 6 nitrogen and oxygen atoms in total. The van der Waals surface area contributed by atoms with Crippen LogP contribution in [0.4, 0.5) is 5.69 Å². The first kappa shape index (κ1) is 22.7. The molecular formula is C22H28ClN3O3S. The van der Waals surface area contributed by atoms with Gasteiger partial charge in [0, 0.05) is 26.2 Å². The summed E-state index contributed by atoms with van der Waals surface area (Å²) in [6.07, 6.45) is 1.01. The fourth-order valence-corrected chi connectivity index (χ4v) is 5.04. The smallest absolute Gasteiger partial charge is 0.243 e. The number of anilines is 1. The van der Waals surface area contributed by atoms with E-state index >= 15 is 0 Å². The monoisotopic (exact) mass is 449 g/mol. The van der Waals surface area contributed by atoms with Gasteiger partial charge in [-0.25, -0.2) is 8.42 Å². The number of piperazine rings is 1. The summed E-state index contributed by atoms with van der Waals surface area (Å²) in [6.45, 7) is 6.15. The summed E-state index contributed by atoms with van der Waals surface area (Å²) in [7, 11) is -3.53. The van der Waals surface area contributed by atoms with Crippen LogP contribution in [-0.4, -0.2) is 56.3 Å². The first-order valence-electron chi connectivity index (χ1n) is 10.2. The molecule has 8 heteroatoms. The molecule has 2 aromatic rings. The molecule has 162 valence electrons. The molecule has 1 atom stereocenters.